The van der Waals surface area contributed by atoms with Crippen molar-refractivity contribution < 1.29 is 4.74 Å². The monoisotopic (exact) mass is 262 g/mol. The number of hydrogen-bond acceptors (Lipinski definition) is 3. The van der Waals surface area contributed by atoms with Gasteiger partial charge < -0.3 is 10.1 Å². The van der Waals surface area contributed by atoms with Gasteiger partial charge in [0.15, 0.2) is 0 Å². The zero-order valence-electron chi connectivity index (χ0n) is 12.2. The smallest absolute Gasteiger partial charge is 0.0575 e. The Morgan fingerprint density at radius 1 is 1.42 bits per heavy atom. The van der Waals surface area contributed by atoms with Crippen LogP contribution in [0.1, 0.15) is 49.9 Å². The Morgan fingerprint density at radius 2 is 2.21 bits per heavy atom. The minimum Gasteiger partial charge on any atom is -0.381 e. The van der Waals surface area contributed by atoms with Crippen LogP contribution in [0.25, 0.3) is 0 Å². The highest BCUT2D eigenvalue weighted by Crippen LogP contribution is 2.27. The van der Waals surface area contributed by atoms with Gasteiger partial charge in [-0.05, 0) is 62.8 Å². The van der Waals surface area contributed by atoms with Gasteiger partial charge in [-0.15, -0.1) is 0 Å². The van der Waals surface area contributed by atoms with Gasteiger partial charge in [-0.3, -0.25) is 4.98 Å². The van der Waals surface area contributed by atoms with Crippen LogP contribution in [0, 0.1) is 12.8 Å². The first-order valence-electron chi connectivity index (χ1n) is 7.53. The van der Waals surface area contributed by atoms with Crippen molar-refractivity contribution in [2.24, 2.45) is 5.92 Å². The van der Waals surface area contributed by atoms with Gasteiger partial charge in [0.1, 0.15) is 0 Å². The predicted octanol–water partition coefficient (Wildman–Crippen LogP) is 3.25. The van der Waals surface area contributed by atoms with Gasteiger partial charge in [-0.1, -0.05) is 6.92 Å². The zero-order chi connectivity index (χ0) is 13.5. The van der Waals surface area contributed by atoms with E-state index in [0.29, 0.717) is 6.04 Å². The van der Waals surface area contributed by atoms with E-state index in [9.17, 15) is 0 Å². The molecule has 1 aromatic rings. The Balaban J connectivity index is 2.01. The summed E-state index contributed by atoms with van der Waals surface area (Å²) in [4.78, 5) is 4.56. The number of aromatic nitrogens is 1. The van der Waals surface area contributed by atoms with Crippen molar-refractivity contribution in [2.45, 2.75) is 45.6 Å². The van der Waals surface area contributed by atoms with Gasteiger partial charge in [0.05, 0.1) is 5.69 Å². The standard InChI is InChI=1S/C16H26N2O/c1-3-7-17-16(12-14-5-9-19-10-6-14)15-11-13(2)4-8-18-15/h4,8,11,14,16-17H,3,5-7,9-10,12H2,1-2H3. The molecule has 106 valence electrons. The molecule has 1 saturated heterocycles. The van der Waals surface area contributed by atoms with E-state index in [-0.39, 0.29) is 0 Å². The second-order valence-electron chi connectivity index (χ2n) is 5.56. The summed E-state index contributed by atoms with van der Waals surface area (Å²) in [7, 11) is 0. The minimum atomic E-state index is 0.392. The molecule has 0 spiro atoms. The predicted molar refractivity (Wildman–Crippen MR) is 78.2 cm³/mol. The maximum atomic E-state index is 5.45. The largest absolute Gasteiger partial charge is 0.381 e. The molecule has 0 bridgehead atoms. The highest BCUT2D eigenvalue weighted by atomic mass is 16.5. The topological polar surface area (TPSA) is 34.1 Å². The third kappa shape index (κ3) is 4.59. The first-order chi connectivity index (χ1) is 9.29. The van der Waals surface area contributed by atoms with Crippen LogP contribution in [0.15, 0.2) is 18.3 Å². The van der Waals surface area contributed by atoms with Crippen molar-refractivity contribution >= 4 is 0 Å². The molecule has 0 amide bonds. The summed E-state index contributed by atoms with van der Waals surface area (Å²) < 4.78 is 5.45. The maximum Gasteiger partial charge on any atom is 0.0575 e. The normalized spacial score (nSPS) is 18.4. The molecule has 1 aromatic heterocycles. The van der Waals surface area contributed by atoms with E-state index < -0.39 is 0 Å². The van der Waals surface area contributed by atoms with Crippen molar-refractivity contribution in [1.29, 1.82) is 0 Å². The Bertz CT molecular complexity index is 375. The van der Waals surface area contributed by atoms with Gasteiger partial charge in [0.25, 0.3) is 0 Å². The summed E-state index contributed by atoms with van der Waals surface area (Å²) in [6.07, 6.45) is 6.65. The Morgan fingerprint density at radius 3 is 2.89 bits per heavy atom. The number of nitrogens with one attached hydrogen (secondary N) is 1. The molecular formula is C16H26N2O. The molecule has 1 unspecified atom stereocenters. The third-order valence-corrected chi connectivity index (χ3v) is 3.84. The third-order valence-electron chi connectivity index (χ3n) is 3.84. The van der Waals surface area contributed by atoms with Crippen LogP contribution in [-0.2, 0) is 4.74 Å². The number of hydrogen-bond donors (Lipinski definition) is 1. The first kappa shape index (κ1) is 14.5. The summed E-state index contributed by atoms with van der Waals surface area (Å²) in [5.74, 6) is 0.769. The van der Waals surface area contributed by atoms with Gasteiger partial charge in [-0.2, -0.15) is 0 Å². The van der Waals surface area contributed by atoms with E-state index in [1.165, 1.54) is 30.5 Å². The highest BCUT2D eigenvalue weighted by Gasteiger charge is 2.20. The quantitative estimate of drug-likeness (QED) is 0.854. The average molecular weight is 262 g/mol. The van der Waals surface area contributed by atoms with E-state index in [0.717, 1.165) is 32.1 Å². The summed E-state index contributed by atoms with van der Waals surface area (Å²) in [6.45, 7) is 7.25. The Kier molecular flexibility index (Phi) is 5.80. The minimum absolute atomic E-state index is 0.392. The first-order valence-corrected chi connectivity index (χ1v) is 7.53. The number of nitrogens with zero attached hydrogens (tertiary/aromatic N) is 1. The fourth-order valence-corrected chi connectivity index (χ4v) is 2.69. The molecule has 1 aliphatic heterocycles. The van der Waals surface area contributed by atoms with Crippen molar-refractivity contribution in [1.82, 2.24) is 10.3 Å². The fraction of sp³-hybridized carbons (Fsp3) is 0.688. The second-order valence-corrected chi connectivity index (χ2v) is 5.56. The van der Waals surface area contributed by atoms with Gasteiger partial charge >= 0.3 is 0 Å². The molecule has 3 nitrogen and oxygen atoms in total. The van der Waals surface area contributed by atoms with E-state index >= 15 is 0 Å². The van der Waals surface area contributed by atoms with Crippen LogP contribution in [0.3, 0.4) is 0 Å². The lowest BCUT2D eigenvalue weighted by molar-refractivity contribution is 0.0603. The average Bonchev–Trinajstić information content (AvgIpc) is 2.44. The molecular weight excluding hydrogens is 236 g/mol. The molecule has 0 radical (unpaired) electrons. The van der Waals surface area contributed by atoms with Crippen LogP contribution in [0.5, 0.6) is 0 Å². The second kappa shape index (κ2) is 7.61. The van der Waals surface area contributed by atoms with Gasteiger partial charge in [0.2, 0.25) is 0 Å². The lowest BCUT2D eigenvalue weighted by Gasteiger charge is -2.27. The number of pyridine rings is 1. The molecule has 0 saturated carbocycles. The number of aryl methyl sites for hydroxylation is 1. The fourth-order valence-electron chi connectivity index (χ4n) is 2.69. The molecule has 0 aliphatic carbocycles. The lowest BCUT2D eigenvalue weighted by atomic mass is 9.91. The summed E-state index contributed by atoms with van der Waals surface area (Å²) >= 11 is 0. The Hall–Kier alpha value is -0.930. The van der Waals surface area contributed by atoms with E-state index in [4.69, 9.17) is 4.74 Å². The molecule has 19 heavy (non-hydrogen) atoms. The summed E-state index contributed by atoms with van der Waals surface area (Å²) in [5.41, 5.74) is 2.49. The molecule has 3 heteroatoms. The molecule has 1 N–H and O–H groups in total. The Labute approximate surface area is 116 Å². The number of rotatable bonds is 6. The summed E-state index contributed by atoms with van der Waals surface area (Å²) in [5, 5.41) is 3.66. The van der Waals surface area contributed by atoms with E-state index in [2.05, 4.69) is 36.3 Å². The van der Waals surface area contributed by atoms with Crippen LogP contribution in [0.2, 0.25) is 0 Å². The van der Waals surface area contributed by atoms with Crippen molar-refractivity contribution in [2.75, 3.05) is 19.8 Å². The molecule has 0 aromatic carbocycles. The zero-order valence-corrected chi connectivity index (χ0v) is 12.2. The lowest BCUT2D eigenvalue weighted by Crippen LogP contribution is -2.27. The van der Waals surface area contributed by atoms with Crippen LogP contribution >= 0.6 is 0 Å². The van der Waals surface area contributed by atoms with Crippen molar-refractivity contribution in [3.63, 3.8) is 0 Å². The van der Waals surface area contributed by atoms with Crippen molar-refractivity contribution in [3.8, 4) is 0 Å². The molecule has 2 rings (SSSR count). The van der Waals surface area contributed by atoms with E-state index in [1.807, 2.05) is 6.20 Å². The number of ether oxygens (including phenoxy) is 1. The molecule has 1 aliphatic rings. The molecule has 1 fully saturated rings. The van der Waals surface area contributed by atoms with Crippen LogP contribution in [0.4, 0.5) is 0 Å². The highest BCUT2D eigenvalue weighted by molar-refractivity contribution is 5.17. The van der Waals surface area contributed by atoms with Crippen molar-refractivity contribution in [3.05, 3.63) is 29.6 Å². The summed E-state index contributed by atoms with van der Waals surface area (Å²) in [6, 6.07) is 4.67. The maximum absolute atomic E-state index is 5.45. The van der Waals surface area contributed by atoms with E-state index in [1.54, 1.807) is 0 Å². The molecule has 2 heterocycles. The van der Waals surface area contributed by atoms with Crippen LogP contribution in [-0.4, -0.2) is 24.7 Å². The van der Waals surface area contributed by atoms with Gasteiger partial charge in [0, 0.05) is 25.5 Å². The van der Waals surface area contributed by atoms with Crippen LogP contribution < -0.4 is 5.32 Å². The molecule has 1 atom stereocenters. The SMILES string of the molecule is CCCNC(CC1CCOCC1)c1cc(C)ccn1. The van der Waals surface area contributed by atoms with Gasteiger partial charge in [-0.25, -0.2) is 0 Å².